The molecule has 0 fully saturated rings. The largest absolute Gasteiger partial charge is 0.497 e. The van der Waals surface area contributed by atoms with E-state index in [1.165, 1.54) is 23.1 Å². The molecule has 1 atom stereocenters. The minimum atomic E-state index is -0.392. The summed E-state index contributed by atoms with van der Waals surface area (Å²) in [5.74, 6) is 1.09. The molecule has 2 aromatic rings. The lowest BCUT2D eigenvalue weighted by Gasteiger charge is -2.18. The normalized spacial score (nSPS) is 11.7. The number of primary amides is 1. The van der Waals surface area contributed by atoms with Gasteiger partial charge in [0, 0.05) is 10.4 Å². The van der Waals surface area contributed by atoms with E-state index >= 15 is 0 Å². The van der Waals surface area contributed by atoms with Gasteiger partial charge in [-0.05, 0) is 32.0 Å². The fraction of sp³-hybridized carbons (Fsp3) is 0.389. The van der Waals surface area contributed by atoms with Crippen LogP contribution < -0.4 is 20.5 Å². The molecular formula is C18H23N3O4S2. The zero-order valence-corrected chi connectivity index (χ0v) is 17.3. The van der Waals surface area contributed by atoms with E-state index in [0.717, 1.165) is 20.5 Å². The number of nitrogens with one attached hydrogen (secondary N) is 1. The molecule has 1 aromatic heterocycles. The third-order valence-electron chi connectivity index (χ3n) is 3.82. The first-order valence-corrected chi connectivity index (χ1v) is 10.0. The molecule has 2 rings (SSSR count). The Labute approximate surface area is 166 Å². The Bertz CT molecular complexity index is 823. The number of rotatable bonds is 9. The highest BCUT2D eigenvalue weighted by Gasteiger charge is 2.17. The van der Waals surface area contributed by atoms with E-state index in [9.17, 15) is 9.59 Å². The number of methoxy groups -OCH3 is 2. The van der Waals surface area contributed by atoms with Gasteiger partial charge in [0.25, 0.3) is 0 Å². The zero-order chi connectivity index (χ0) is 20.0. The van der Waals surface area contributed by atoms with Gasteiger partial charge in [-0.1, -0.05) is 11.8 Å². The van der Waals surface area contributed by atoms with Gasteiger partial charge in [-0.25, -0.2) is 4.98 Å². The first-order chi connectivity index (χ1) is 12.8. The van der Waals surface area contributed by atoms with Crippen LogP contribution in [0.5, 0.6) is 11.5 Å². The van der Waals surface area contributed by atoms with Crippen LogP contribution in [-0.2, 0) is 16.0 Å². The topological polar surface area (TPSA) is 104 Å². The van der Waals surface area contributed by atoms with Crippen molar-refractivity contribution in [2.75, 3.05) is 20.0 Å². The minimum Gasteiger partial charge on any atom is -0.497 e. The molecule has 1 heterocycles. The summed E-state index contributed by atoms with van der Waals surface area (Å²) in [6, 6.07) is 5.22. The number of hydrogen-bond donors (Lipinski definition) is 2. The van der Waals surface area contributed by atoms with Crippen molar-refractivity contribution in [2.45, 2.75) is 30.6 Å². The van der Waals surface area contributed by atoms with Crippen molar-refractivity contribution in [3.8, 4) is 11.5 Å². The predicted molar refractivity (Wildman–Crippen MR) is 107 cm³/mol. The SMILES string of the molecule is COc1ccc(OC)c(C(C)NC(=O)CSc2nc(C)c(CC(N)=O)s2)c1. The van der Waals surface area contributed by atoms with Crippen molar-refractivity contribution in [1.29, 1.82) is 0 Å². The van der Waals surface area contributed by atoms with Gasteiger partial charge in [0.1, 0.15) is 11.5 Å². The molecule has 1 unspecified atom stereocenters. The first-order valence-electron chi connectivity index (χ1n) is 8.22. The maximum atomic E-state index is 12.3. The number of nitrogens with zero attached hydrogens (tertiary/aromatic N) is 1. The van der Waals surface area contributed by atoms with Crippen molar-refractivity contribution in [3.05, 3.63) is 34.3 Å². The second-order valence-corrected chi connectivity index (χ2v) is 8.12. The molecule has 0 aliphatic rings. The number of benzene rings is 1. The summed E-state index contributed by atoms with van der Waals surface area (Å²) in [5, 5.41) is 2.95. The number of nitrogens with two attached hydrogens (primary N) is 1. The number of carbonyl (C=O) groups excluding carboxylic acids is 2. The van der Waals surface area contributed by atoms with Gasteiger partial charge in [0.05, 0.1) is 38.1 Å². The molecule has 146 valence electrons. The van der Waals surface area contributed by atoms with Crippen LogP contribution in [0, 0.1) is 6.92 Å². The van der Waals surface area contributed by atoms with Crippen LogP contribution >= 0.6 is 23.1 Å². The summed E-state index contributed by atoms with van der Waals surface area (Å²) in [5.41, 5.74) is 6.84. The molecule has 3 N–H and O–H groups in total. The molecule has 0 bridgehead atoms. The van der Waals surface area contributed by atoms with Crippen LogP contribution in [0.25, 0.3) is 0 Å². The van der Waals surface area contributed by atoms with Gasteiger partial charge in [-0.2, -0.15) is 0 Å². The van der Waals surface area contributed by atoms with E-state index in [1.807, 2.05) is 26.0 Å². The molecule has 7 nitrogen and oxygen atoms in total. The van der Waals surface area contributed by atoms with Gasteiger partial charge >= 0.3 is 0 Å². The Hall–Kier alpha value is -2.26. The first kappa shape index (κ1) is 21.0. The molecule has 2 amide bonds. The highest BCUT2D eigenvalue weighted by molar-refractivity contribution is 8.01. The highest BCUT2D eigenvalue weighted by atomic mass is 32.2. The van der Waals surface area contributed by atoms with Crippen LogP contribution in [0.1, 0.15) is 29.1 Å². The Balaban J connectivity index is 1.97. The number of ether oxygens (including phenoxy) is 2. The number of thioether (sulfide) groups is 1. The number of amides is 2. The van der Waals surface area contributed by atoms with E-state index in [4.69, 9.17) is 15.2 Å². The molecule has 0 radical (unpaired) electrons. The molecular weight excluding hydrogens is 386 g/mol. The standard InChI is InChI=1S/C18H23N3O4S2/c1-10(13-7-12(24-3)5-6-14(13)25-4)20-17(23)9-26-18-21-11(2)15(27-18)8-16(19)22/h5-7,10H,8-9H2,1-4H3,(H2,19,22)(H,20,23). The second kappa shape index (κ2) is 9.61. The molecule has 9 heteroatoms. The Kier molecular flexibility index (Phi) is 7.49. The second-order valence-electron chi connectivity index (χ2n) is 5.82. The van der Waals surface area contributed by atoms with Gasteiger partial charge < -0.3 is 20.5 Å². The minimum absolute atomic E-state index is 0.123. The zero-order valence-electron chi connectivity index (χ0n) is 15.7. The smallest absolute Gasteiger partial charge is 0.230 e. The number of aromatic nitrogens is 1. The van der Waals surface area contributed by atoms with Crippen molar-refractivity contribution < 1.29 is 19.1 Å². The van der Waals surface area contributed by atoms with Crippen LogP contribution in [-0.4, -0.2) is 36.8 Å². The summed E-state index contributed by atoms with van der Waals surface area (Å²) in [6.07, 6.45) is 0.170. The lowest BCUT2D eigenvalue weighted by molar-refractivity contribution is -0.119. The molecule has 27 heavy (non-hydrogen) atoms. The molecule has 0 saturated heterocycles. The van der Waals surface area contributed by atoms with Crippen molar-refractivity contribution in [2.24, 2.45) is 5.73 Å². The summed E-state index contributed by atoms with van der Waals surface area (Å²) in [6.45, 7) is 3.72. The van der Waals surface area contributed by atoms with E-state index in [-0.39, 0.29) is 24.1 Å². The van der Waals surface area contributed by atoms with E-state index in [1.54, 1.807) is 20.3 Å². The van der Waals surface area contributed by atoms with Gasteiger partial charge in [-0.15, -0.1) is 11.3 Å². The summed E-state index contributed by atoms with van der Waals surface area (Å²) >= 11 is 2.72. The van der Waals surface area contributed by atoms with Crippen molar-refractivity contribution >= 4 is 34.9 Å². The van der Waals surface area contributed by atoms with Crippen LogP contribution in [0.4, 0.5) is 0 Å². The fourth-order valence-electron chi connectivity index (χ4n) is 2.45. The Morgan fingerprint density at radius 2 is 2.07 bits per heavy atom. The fourth-order valence-corrected chi connectivity index (χ4v) is 4.51. The van der Waals surface area contributed by atoms with Gasteiger partial charge in [-0.3, -0.25) is 9.59 Å². The van der Waals surface area contributed by atoms with Gasteiger partial charge in [0.15, 0.2) is 4.34 Å². The Morgan fingerprint density at radius 3 is 2.70 bits per heavy atom. The number of aryl methyl sites for hydroxylation is 1. The average molecular weight is 410 g/mol. The van der Waals surface area contributed by atoms with Crippen molar-refractivity contribution in [1.82, 2.24) is 10.3 Å². The lowest BCUT2D eigenvalue weighted by Crippen LogP contribution is -2.28. The monoisotopic (exact) mass is 409 g/mol. The van der Waals surface area contributed by atoms with Crippen molar-refractivity contribution in [3.63, 3.8) is 0 Å². The third-order valence-corrected chi connectivity index (χ3v) is 6.12. The van der Waals surface area contributed by atoms with E-state index in [2.05, 4.69) is 10.3 Å². The van der Waals surface area contributed by atoms with Crippen LogP contribution in [0.2, 0.25) is 0 Å². The molecule has 1 aromatic carbocycles. The third kappa shape index (κ3) is 5.86. The average Bonchev–Trinajstić information content (AvgIpc) is 2.98. The molecule has 0 aliphatic heterocycles. The van der Waals surface area contributed by atoms with Crippen LogP contribution in [0.3, 0.4) is 0 Å². The summed E-state index contributed by atoms with van der Waals surface area (Å²) in [4.78, 5) is 28.6. The van der Waals surface area contributed by atoms with E-state index < -0.39 is 5.91 Å². The molecule has 0 saturated carbocycles. The van der Waals surface area contributed by atoms with Gasteiger partial charge in [0.2, 0.25) is 11.8 Å². The number of hydrogen-bond acceptors (Lipinski definition) is 7. The number of thiazole rings is 1. The predicted octanol–water partition coefficient (Wildman–Crippen LogP) is 2.47. The van der Waals surface area contributed by atoms with Crippen LogP contribution in [0.15, 0.2) is 22.5 Å². The maximum Gasteiger partial charge on any atom is 0.230 e. The Morgan fingerprint density at radius 1 is 1.33 bits per heavy atom. The maximum absolute atomic E-state index is 12.3. The van der Waals surface area contributed by atoms with E-state index in [0.29, 0.717) is 11.5 Å². The number of carbonyl (C=O) groups is 2. The quantitative estimate of drug-likeness (QED) is 0.617. The summed E-state index contributed by atoms with van der Waals surface area (Å²) < 4.78 is 11.4. The molecule has 0 spiro atoms. The highest BCUT2D eigenvalue weighted by Crippen LogP contribution is 2.30. The summed E-state index contributed by atoms with van der Waals surface area (Å²) in [7, 11) is 3.18. The molecule has 0 aliphatic carbocycles. The lowest BCUT2D eigenvalue weighted by atomic mass is 10.1.